The van der Waals surface area contributed by atoms with Crippen molar-refractivity contribution >= 4 is 11.9 Å². The van der Waals surface area contributed by atoms with Gasteiger partial charge in [-0.05, 0) is 26.0 Å². The molecule has 0 aliphatic heterocycles. The number of hydrogen-bond donors (Lipinski definition) is 1. The predicted molar refractivity (Wildman–Crippen MR) is 95.2 cm³/mol. The number of hydrogen-bond acceptors (Lipinski definition) is 4. The van der Waals surface area contributed by atoms with Gasteiger partial charge in [0.15, 0.2) is 5.96 Å². The molecule has 24 heavy (non-hydrogen) atoms. The van der Waals surface area contributed by atoms with Crippen molar-refractivity contribution in [1.82, 2.24) is 15.1 Å². The van der Waals surface area contributed by atoms with Crippen molar-refractivity contribution in [3.05, 3.63) is 24.2 Å². The van der Waals surface area contributed by atoms with Crippen LogP contribution in [0.1, 0.15) is 19.6 Å². The molecule has 0 unspecified atom stereocenters. The number of carbonyl (C=O) groups excluding carboxylic acids is 1. The van der Waals surface area contributed by atoms with E-state index in [9.17, 15) is 4.79 Å². The topological polar surface area (TPSA) is 70.3 Å². The number of furan rings is 1. The average molecular weight is 338 g/mol. The Morgan fingerprint density at radius 2 is 2.12 bits per heavy atom. The lowest BCUT2D eigenvalue weighted by molar-refractivity contribution is -0.131. The SMILES string of the molecule is CCN(CC)C(=O)CN(C)C(=NCCOC)NCCc1ccco1. The van der Waals surface area contributed by atoms with E-state index in [1.54, 1.807) is 13.4 Å². The molecular formula is C17H30N4O3. The van der Waals surface area contributed by atoms with E-state index in [0.29, 0.717) is 45.3 Å². The minimum Gasteiger partial charge on any atom is -0.469 e. The van der Waals surface area contributed by atoms with E-state index in [2.05, 4.69) is 10.3 Å². The minimum atomic E-state index is 0.0924. The van der Waals surface area contributed by atoms with Gasteiger partial charge in [-0.25, -0.2) is 0 Å². The van der Waals surface area contributed by atoms with E-state index in [4.69, 9.17) is 9.15 Å². The maximum Gasteiger partial charge on any atom is 0.242 e. The summed E-state index contributed by atoms with van der Waals surface area (Å²) in [6.07, 6.45) is 2.42. The number of aliphatic imine (C=N–C) groups is 1. The van der Waals surface area contributed by atoms with Crippen molar-refractivity contribution in [2.75, 3.05) is 53.5 Å². The Morgan fingerprint density at radius 3 is 2.71 bits per heavy atom. The van der Waals surface area contributed by atoms with Crippen molar-refractivity contribution in [3.8, 4) is 0 Å². The van der Waals surface area contributed by atoms with E-state index in [1.165, 1.54) is 0 Å². The number of carbonyl (C=O) groups is 1. The molecule has 1 N–H and O–H groups in total. The van der Waals surface area contributed by atoms with Gasteiger partial charge in [-0.2, -0.15) is 0 Å². The monoisotopic (exact) mass is 338 g/mol. The van der Waals surface area contributed by atoms with Gasteiger partial charge >= 0.3 is 0 Å². The number of ether oxygens (including phenoxy) is 1. The molecule has 0 aliphatic carbocycles. The second-order valence-corrected chi connectivity index (χ2v) is 5.38. The van der Waals surface area contributed by atoms with Gasteiger partial charge in [-0.1, -0.05) is 0 Å². The van der Waals surface area contributed by atoms with Crippen molar-refractivity contribution in [3.63, 3.8) is 0 Å². The zero-order chi connectivity index (χ0) is 17.8. The summed E-state index contributed by atoms with van der Waals surface area (Å²) in [4.78, 5) is 20.4. The molecule has 7 nitrogen and oxygen atoms in total. The molecule has 0 aromatic carbocycles. The Hall–Kier alpha value is -2.02. The molecule has 0 saturated carbocycles. The molecule has 1 aromatic heterocycles. The van der Waals surface area contributed by atoms with E-state index in [0.717, 1.165) is 12.2 Å². The number of rotatable bonds is 10. The zero-order valence-corrected chi connectivity index (χ0v) is 15.2. The number of likely N-dealkylation sites (N-methyl/N-ethyl adjacent to an activating group) is 2. The summed E-state index contributed by atoms with van der Waals surface area (Å²) in [6, 6.07) is 3.81. The van der Waals surface area contributed by atoms with Crippen molar-refractivity contribution < 1.29 is 13.9 Å². The van der Waals surface area contributed by atoms with Gasteiger partial charge in [0.25, 0.3) is 0 Å². The molecule has 136 valence electrons. The highest BCUT2D eigenvalue weighted by molar-refractivity contribution is 5.86. The first-order chi connectivity index (χ1) is 11.6. The molecule has 0 saturated heterocycles. The zero-order valence-electron chi connectivity index (χ0n) is 15.2. The fraction of sp³-hybridized carbons (Fsp3) is 0.647. The molecule has 1 heterocycles. The lowest BCUT2D eigenvalue weighted by Gasteiger charge is -2.25. The molecule has 0 spiro atoms. The first kappa shape index (κ1) is 20.0. The summed E-state index contributed by atoms with van der Waals surface area (Å²) < 4.78 is 10.4. The van der Waals surface area contributed by atoms with Crippen LogP contribution < -0.4 is 5.32 Å². The molecule has 1 amide bonds. The summed E-state index contributed by atoms with van der Waals surface area (Å²) in [5, 5.41) is 3.29. The van der Waals surface area contributed by atoms with Crippen LogP contribution in [-0.4, -0.2) is 75.2 Å². The fourth-order valence-corrected chi connectivity index (χ4v) is 2.26. The summed E-state index contributed by atoms with van der Waals surface area (Å²) in [7, 11) is 3.51. The number of nitrogens with zero attached hydrogens (tertiary/aromatic N) is 3. The van der Waals surface area contributed by atoms with Gasteiger partial charge in [0.2, 0.25) is 5.91 Å². The Bertz CT molecular complexity index is 484. The van der Waals surface area contributed by atoms with Crippen molar-refractivity contribution in [1.29, 1.82) is 0 Å². The van der Waals surface area contributed by atoms with Crippen LogP contribution in [0.2, 0.25) is 0 Å². The van der Waals surface area contributed by atoms with Gasteiger partial charge in [0.05, 0.1) is 26.0 Å². The second kappa shape index (κ2) is 11.5. The van der Waals surface area contributed by atoms with Crippen LogP contribution in [-0.2, 0) is 16.0 Å². The number of methoxy groups -OCH3 is 1. The highest BCUT2D eigenvalue weighted by atomic mass is 16.5. The number of nitrogens with one attached hydrogen (secondary N) is 1. The fourth-order valence-electron chi connectivity index (χ4n) is 2.26. The third kappa shape index (κ3) is 7.04. The normalized spacial score (nSPS) is 11.4. The molecule has 1 rings (SSSR count). The van der Waals surface area contributed by atoms with Gasteiger partial charge in [-0.15, -0.1) is 0 Å². The Balaban J connectivity index is 2.58. The third-order valence-corrected chi connectivity index (χ3v) is 3.64. The van der Waals surface area contributed by atoms with Crippen LogP contribution in [0.15, 0.2) is 27.8 Å². The predicted octanol–water partition coefficient (Wildman–Crippen LogP) is 1.21. The van der Waals surface area contributed by atoms with Crippen molar-refractivity contribution in [2.45, 2.75) is 20.3 Å². The van der Waals surface area contributed by atoms with Crippen molar-refractivity contribution in [2.24, 2.45) is 4.99 Å². The molecule has 7 heteroatoms. The van der Waals surface area contributed by atoms with Gasteiger partial charge in [0.1, 0.15) is 5.76 Å². The quantitative estimate of drug-likeness (QED) is 0.394. The lowest BCUT2D eigenvalue weighted by Crippen LogP contribution is -2.46. The maximum absolute atomic E-state index is 12.3. The summed E-state index contributed by atoms with van der Waals surface area (Å²) >= 11 is 0. The van der Waals surface area contributed by atoms with Gasteiger partial charge in [-0.3, -0.25) is 9.79 Å². The van der Waals surface area contributed by atoms with Crippen LogP contribution in [0, 0.1) is 0 Å². The number of amides is 1. The average Bonchev–Trinajstić information content (AvgIpc) is 3.08. The Labute approximate surface area is 144 Å². The largest absolute Gasteiger partial charge is 0.469 e. The molecule has 0 bridgehead atoms. The van der Waals surface area contributed by atoms with Gasteiger partial charge in [0, 0.05) is 40.2 Å². The molecule has 0 fully saturated rings. The lowest BCUT2D eigenvalue weighted by atomic mass is 10.3. The highest BCUT2D eigenvalue weighted by Gasteiger charge is 2.15. The smallest absolute Gasteiger partial charge is 0.242 e. The van der Waals surface area contributed by atoms with Crippen LogP contribution in [0.3, 0.4) is 0 Å². The summed E-state index contributed by atoms with van der Waals surface area (Å²) in [5.41, 5.74) is 0. The minimum absolute atomic E-state index is 0.0924. The van der Waals surface area contributed by atoms with Crippen LogP contribution in [0.25, 0.3) is 0 Å². The standard InChI is InChI=1S/C17H30N4O3/c1-5-21(6-2)16(22)14-20(3)17(19-11-13-23-4)18-10-9-15-8-7-12-24-15/h7-8,12H,5-6,9-11,13-14H2,1-4H3,(H,18,19). The first-order valence-corrected chi connectivity index (χ1v) is 8.40. The summed E-state index contributed by atoms with van der Waals surface area (Å²) in [5.74, 6) is 1.70. The molecular weight excluding hydrogens is 308 g/mol. The van der Waals surface area contributed by atoms with E-state index >= 15 is 0 Å². The molecule has 0 radical (unpaired) electrons. The third-order valence-electron chi connectivity index (χ3n) is 3.64. The summed E-state index contributed by atoms with van der Waals surface area (Å²) in [6.45, 7) is 7.46. The van der Waals surface area contributed by atoms with E-state index in [-0.39, 0.29) is 5.91 Å². The first-order valence-electron chi connectivity index (χ1n) is 8.40. The van der Waals surface area contributed by atoms with Gasteiger partial charge < -0.3 is 24.3 Å². The van der Waals surface area contributed by atoms with Crippen LogP contribution in [0.4, 0.5) is 0 Å². The Kier molecular flexibility index (Phi) is 9.60. The molecule has 1 aromatic rings. The van der Waals surface area contributed by atoms with Crippen LogP contribution >= 0.6 is 0 Å². The molecule has 0 atom stereocenters. The van der Waals surface area contributed by atoms with E-state index in [1.807, 2.05) is 42.8 Å². The molecule has 0 aliphatic rings. The maximum atomic E-state index is 12.3. The second-order valence-electron chi connectivity index (χ2n) is 5.38. The van der Waals surface area contributed by atoms with E-state index < -0.39 is 0 Å². The van der Waals surface area contributed by atoms with Crippen LogP contribution in [0.5, 0.6) is 0 Å². The number of guanidine groups is 1. The Morgan fingerprint density at radius 1 is 1.38 bits per heavy atom. The highest BCUT2D eigenvalue weighted by Crippen LogP contribution is 2.00.